The molecule has 1 saturated heterocycles. The van der Waals surface area contributed by atoms with Gasteiger partial charge in [0.05, 0.1) is 4.90 Å². The van der Waals surface area contributed by atoms with Crippen molar-refractivity contribution in [2.75, 3.05) is 26.2 Å². The zero-order valence-electron chi connectivity index (χ0n) is 15.9. The molecule has 0 bridgehead atoms. The summed E-state index contributed by atoms with van der Waals surface area (Å²) in [4.78, 5) is 19.2. The van der Waals surface area contributed by atoms with E-state index in [4.69, 9.17) is 0 Å². The molecule has 0 atom stereocenters. The third-order valence-corrected chi connectivity index (χ3v) is 7.01. The van der Waals surface area contributed by atoms with Gasteiger partial charge in [-0.05, 0) is 38.1 Å². The van der Waals surface area contributed by atoms with E-state index >= 15 is 0 Å². The predicted molar refractivity (Wildman–Crippen MR) is 106 cm³/mol. The number of hydrogen-bond donors (Lipinski definition) is 0. The average molecular weight is 398 g/mol. The van der Waals surface area contributed by atoms with Gasteiger partial charge in [-0.2, -0.15) is 4.31 Å². The Labute approximate surface area is 164 Å². The largest absolute Gasteiger partial charge is 0.335 e. The number of fused-ring (bicyclic) bond motifs is 1. The SMILES string of the molecule is Cc1ccc(S(=O)(=O)N2CCN(C(=O)c3cn4c(C)cccc4n3)CC2)cc1. The van der Waals surface area contributed by atoms with Crippen LogP contribution in [0, 0.1) is 13.8 Å². The van der Waals surface area contributed by atoms with Gasteiger partial charge in [0.25, 0.3) is 5.91 Å². The topological polar surface area (TPSA) is 75.0 Å². The van der Waals surface area contributed by atoms with Crippen molar-refractivity contribution in [1.29, 1.82) is 0 Å². The molecule has 4 rings (SSSR count). The second-order valence-electron chi connectivity index (χ2n) is 7.03. The van der Waals surface area contributed by atoms with Crippen LogP contribution in [0.5, 0.6) is 0 Å². The highest BCUT2D eigenvalue weighted by Gasteiger charge is 2.31. The van der Waals surface area contributed by atoms with Crippen molar-refractivity contribution in [2.45, 2.75) is 18.7 Å². The van der Waals surface area contributed by atoms with Gasteiger partial charge in [-0.1, -0.05) is 23.8 Å². The molecule has 0 unspecified atom stereocenters. The molecule has 1 aliphatic heterocycles. The zero-order valence-corrected chi connectivity index (χ0v) is 16.7. The molecule has 8 heteroatoms. The molecule has 2 aromatic heterocycles. The van der Waals surface area contributed by atoms with Gasteiger partial charge in [-0.3, -0.25) is 4.79 Å². The summed E-state index contributed by atoms with van der Waals surface area (Å²) in [6.07, 6.45) is 1.74. The van der Waals surface area contributed by atoms with E-state index in [0.29, 0.717) is 18.8 Å². The Morgan fingerprint density at radius 3 is 2.29 bits per heavy atom. The van der Waals surface area contributed by atoms with Gasteiger partial charge in [-0.15, -0.1) is 0 Å². The molecule has 0 saturated carbocycles. The average Bonchev–Trinajstić information content (AvgIpc) is 3.14. The van der Waals surface area contributed by atoms with Crippen LogP contribution in [-0.2, 0) is 10.0 Å². The Bertz CT molecular complexity index is 1130. The summed E-state index contributed by atoms with van der Waals surface area (Å²) < 4.78 is 28.9. The summed E-state index contributed by atoms with van der Waals surface area (Å²) in [6, 6.07) is 12.5. The van der Waals surface area contributed by atoms with Crippen LogP contribution in [0.3, 0.4) is 0 Å². The highest BCUT2D eigenvalue weighted by atomic mass is 32.2. The number of piperazine rings is 1. The minimum absolute atomic E-state index is 0.171. The minimum atomic E-state index is -3.54. The molecule has 1 fully saturated rings. The van der Waals surface area contributed by atoms with Crippen LogP contribution in [0.2, 0.25) is 0 Å². The van der Waals surface area contributed by atoms with Gasteiger partial charge < -0.3 is 9.30 Å². The lowest BCUT2D eigenvalue weighted by molar-refractivity contribution is 0.0692. The van der Waals surface area contributed by atoms with Crippen LogP contribution >= 0.6 is 0 Å². The maximum absolute atomic E-state index is 12.8. The Morgan fingerprint density at radius 1 is 0.964 bits per heavy atom. The number of sulfonamides is 1. The van der Waals surface area contributed by atoms with Crippen molar-refractivity contribution in [3.8, 4) is 0 Å². The molecule has 0 radical (unpaired) electrons. The lowest BCUT2D eigenvalue weighted by Crippen LogP contribution is -2.50. The van der Waals surface area contributed by atoms with E-state index in [1.807, 2.05) is 36.4 Å². The van der Waals surface area contributed by atoms with Crippen molar-refractivity contribution in [3.63, 3.8) is 0 Å². The smallest absolute Gasteiger partial charge is 0.274 e. The van der Waals surface area contributed by atoms with Crippen LogP contribution in [0.4, 0.5) is 0 Å². The quantitative estimate of drug-likeness (QED) is 0.677. The molecule has 28 heavy (non-hydrogen) atoms. The summed E-state index contributed by atoms with van der Waals surface area (Å²) >= 11 is 0. The van der Waals surface area contributed by atoms with E-state index in [2.05, 4.69) is 4.98 Å². The van der Waals surface area contributed by atoms with Crippen molar-refractivity contribution < 1.29 is 13.2 Å². The van der Waals surface area contributed by atoms with E-state index in [9.17, 15) is 13.2 Å². The van der Waals surface area contributed by atoms with E-state index in [0.717, 1.165) is 16.9 Å². The normalized spacial score (nSPS) is 15.9. The first-order valence-corrected chi connectivity index (χ1v) is 10.6. The standard InChI is InChI=1S/C20H22N4O3S/c1-15-6-8-17(9-7-15)28(26,27)23-12-10-22(11-13-23)20(25)18-14-24-16(2)4-3-5-19(24)21-18/h3-9,14H,10-13H2,1-2H3. The second-order valence-corrected chi connectivity index (χ2v) is 8.97. The van der Waals surface area contributed by atoms with Crippen molar-refractivity contribution in [1.82, 2.24) is 18.6 Å². The van der Waals surface area contributed by atoms with E-state index < -0.39 is 10.0 Å². The number of pyridine rings is 1. The summed E-state index contributed by atoms with van der Waals surface area (Å²) in [5, 5.41) is 0. The third kappa shape index (κ3) is 3.29. The Hall–Kier alpha value is -2.71. The van der Waals surface area contributed by atoms with Crippen LogP contribution < -0.4 is 0 Å². The van der Waals surface area contributed by atoms with Crippen LogP contribution in [0.1, 0.15) is 21.7 Å². The zero-order chi connectivity index (χ0) is 19.9. The van der Waals surface area contributed by atoms with E-state index in [-0.39, 0.29) is 23.9 Å². The number of rotatable bonds is 3. The first kappa shape index (κ1) is 18.6. The number of aromatic nitrogens is 2. The summed E-state index contributed by atoms with van der Waals surface area (Å²) in [5.41, 5.74) is 3.11. The van der Waals surface area contributed by atoms with Gasteiger partial charge in [0, 0.05) is 38.1 Å². The number of carbonyl (C=O) groups excluding carboxylic acids is 1. The highest BCUT2D eigenvalue weighted by Crippen LogP contribution is 2.19. The monoisotopic (exact) mass is 398 g/mol. The third-order valence-electron chi connectivity index (χ3n) is 5.10. The second kappa shape index (κ2) is 7.03. The Balaban J connectivity index is 1.48. The molecule has 1 amide bonds. The number of benzene rings is 1. The first-order chi connectivity index (χ1) is 13.4. The predicted octanol–water partition coefficient (Wildman–Crippen LogP) is 2.10. The molecular weight excluding hydrogens is 376 g/mol. The molecule has 0 N–H and O–H groups in total. The number of nitrogens with zero attached hydrogens (tertiary/aromatic N) is 4. The van der Waals surface area contributed by atoms with Crippen LogP contribution in [0.15, 0.2) is 53.6 Å². The lowest BCUT2D eigenvalue weighted by atomic mass is 10.2. The summed E-state index contributed by atoms with van der Waals surface area (Å²) in [7, 11) is -3.54. The summed E-state index contributed by atoms with van der Waals surface area (Å²) in [6.45, 7) is 5.11. The van der Waals surface area contributed by atoms with E-state index in [1.54, 1.807) is 35.4 Å². The molecule has 3 heterocycles. The van der Waals surface area contributed by atoms with Crippen molar-refractivity contribution in [3.05, 3.63) is 65.6 Å². The van der Waals surface area contributed by atoms with Crippen molar-refractivity contribution >= 4 is 21.6 Å². The number of aryl methyl sites for hydroxylation is 2. The Kier molecular flexibility index (Phi) is 4.68. The number of imidazole rings is 1. The fourth-order valence-electron chi connectivity index (χ4n) is 3.40. The Morgan fingerprint density at radius 2 is 1.64 bits per heavy atom. The van der Waals surface area contributed by atoms with Gasteiger partial charge in [0.15, 0.2) is 0 Å². The molecule has 146 valence electrons. The molecule has 0 aliphatic carbocycles. The van der Waals surface area contributed by atoms with Gasteiger partial charge >= 0.3 is 0 Å². The molecule has 0 spiro atoms. The number of hydrogen-bond acceptors (Lipinski definition) is 4. The first-order valence-electron chi connectivity index (χ1n) is 9.17. The summed E-state index contributed by atoms with van der Waals surface area (Å²) in [5.74, 6) is -0.171. The fourth-order valence-corrected chi connectivity index (χ4v) is 4.83. The van der Waals surface area contributed by atoms with Crippen LogP contribution in [-0.4, -0.2) is 59.1 Å². The van der Waals surface area contributed by atoms with Crippen LogP contribution in [0.25, 0.3) is 5.65 Å². The molecule has 3 aromatic rings. The maximum atomic E-state index is 12.8. The maximum Gasteiger partial charge on any atom is 0.274 e. The number of amides is 1. The fraction of sp³-hybridized carbons (Fsp3) is 0.300. The molecule has 1 aliphatic rings. The van der Waals surface area contributed by atoms with Crippen molar-refractivity contribution in [2.24, 2.45) is 0 Å². The molecule has 1 aromatic carbocycles. The minimum Gasteiger partial charge on any atom is -0.335 e. The lowest BCUT2D eigenvalue weighted by Gasteiger charge is -2.33. The van der Waals surface area contributed by atoms with Gasteiger partial charge in [0.2, 0.25) is 10.0 Å². The highest BCUT2D eigenvalue weighted by molar-refractivity contribution is 7.89. The number of carbonyl (C=O) groups is 1. The van der Waals surface area contributed by atoms with Gasteiger partial charge in [-0.25, -0.2) is 13.4 Å². The van der Waals surface area contributed by atoms with Gasteiger partial charge in [0.1, 0.15) is 11.3 Å². The molecular formula is C20H22N4O3S. The molecule has 7 nitrogen and oxygen atoms in total. The van der Waals surface area contributed by atoms with E-state index in [1.165, 1.54) is 4.31 Å².